The number of benzene rings is 1. The lowest BCUT2D eigenvalue weighted by Crippen LogP contribution is -2.20. The van der Waals surface area contributed by atoms with Crippen LogP contribution in [0.3, 0.4) is 0 Å². The van der Waals surface area contributed by atoms with E-state index in [-0.39, 0.29) is 5.41 Å². The average Bonchev–Trinajstić information content (AvgIpc) is 2.70. The average molecular weight is 282 g/mol. The first kappa shape index (κ1) is 12.0. The van der Waals surface area contributed by atoms with E-state index in [0.717, 1.165) is 11.9 Å². The lowest BCUT2D eigenvalue weighted by Gasteiger charge is -2.24. The molecule has 0 saturated heterocycles. The normalized spacial score (nSPS) is 15.4. The molecule has 0 radical (unpaired) electrons. The molecule has 0 aromatic heterocycles. The van der Waals surface area contributed by atoms with E-state index in [1.54, 1.807) is 0 Å². The zero-order valence-electron chi connectivity index (χ0n) is 10.4. The van der Waals surface area contributed by atoms with Gasteiger partial charge in [0, 0.05) is 24.1 Å². The molecule has 1 heterocycles. The molecule has 1 aliphatic heterocycles. The van der Waals surface area contributed by atoms with E-state index in [4.69, 9.17) is 0 Å². The highest BCUT2D eigenvalue weighted by Gasteiger charge is 2.23. The van der Waals surface area contributed by atoms with Crippen LogP contribution in [-0.4, -0.2) is 18.4 Å². The van der Waals surface area contributed by atoms with Crippen molar-refractivity contribution in [1.29, 1.82) is 0 Å². The SMILES string of the molecule is CCN1CCc2cc(C(C)(C)CBr)ccc21. The largest absolute Gasteiger partial charge is 0.371 e. The highest BCUT2D eigenvalue weighted by Crippen LogP contribution is 2.33. The molecule has 88 valence electrons. The van der Waals surface area contributed by atoms with Gasteiger partial charge in [0.25, 0.3) is 0 Å². The molecule has 0 spiro atoms. The van der Waals surface area contributed by atoms with E-state index in [9.17, 15) is 0 Å². The summed E-state index contributed by atoms with van der Waals surface area (Å²) in [6, 6.07) is 6.98. The molecule has 0 bridgehead atoms. The fourth-order valence-electron chi connectivity index (χ4n) is 2.30. The third-order valence-electron chi connectivity index (χ3n) is 3.57. The third-order valence-corrected chi connectivity index (χ3v) is 4.97. The molecule has 0 amide bonds. The Morgan fingerprint density at radius 3 is 2.75 bits per heavy atom. The zero-order chi connectivity index (χ0) is 11.8. The van der Waals surface area contributed by atoms with Crippen molar-refractivity contribution >= 4 is 21.6 Å². The number of hydrogen-bond donors (Lipinski definition) is 0. The van der Waals surface area contributed by atoms with Gasteiger partial charge in [-0.1, -0.05) is 41.9 Å². The minimum Gasteiger partial charge on any atom is -0.371 e. The Hall–Kier alpha value is -0.500. The Morgan fingerprint density at radius 1 is 1.38 bits per heavy atom. The lowest BCUT2D eigenvalue weighted by atomic mass is 9.86. The molecule has 0 unspecified atom stereocenters. The molecule has 2 rings (SSSR count). The van der Waals surface area contributed by atoms with Crippen LogP contribution in [-0.2, 0) is 11.8 Å². The van der Waals surface area contributed by atoms with Gasteiger partial charge in [0.2, 0.25) is 0 Å². The number of nitrogens with zero attached hydrogens (tertiary/aromatic N) is 1. The van der Waals surface area contributed by atoms with Gasteiger partial charge in [0.1, 0.15) is 0 Å². The topological polar surface area (TPSA) is 3.24 Å². The van der Waals surface area contributed by atoms with Gasteiger partial charge in [0.15, 0.2) is 0 Å². The Labute approximate surface area is 107 Å². The van der Waals surface area contributed by atoms with Crippen LogP contribution in [0.25, 0.3) is 0 Å². The molecule has 1 aromatic rings. The van der Waals surface area contributed by atoms with Crippen molar-refractivity contribution in [3.05, 3.63) is 29.3 Å². The predicted molar refractivity (Wildman–Crippen MR) is 74.9 cm³/mol. The second kappa shape index (κ2) is 4.40. The maximum Gasteiger partial charge on any atom is 0.0399 e. The highest BCUT2D eigenvalue weighted by atomic mass is 79.9. The molecular formula is C14H20BrN. The maximum atomic E-state index is 3.60. The van der Waals surface area contributed by atoms with Gasteiger partial charge < -0.3 is 4.90 Å². The van der Waals surface area contributed by atoms with E-state index in [1.165, 1.54) is 29.8 Å². The van der Waals surface area contributed by atoms with Crippen molar-refractivity contribution in [2.45, 2.75) is 32.6 Å². The second-order valence-corrected chi connectivity index (χ2v) is 5.75. The van der Waals surface area contributed by atoms with E-state index in [1.807, 2.05) is 0 Å². The number of halogens is 1. The van der Waals surface area contributed by atoms with Crippen LogP contribution < -0.4 is 4.90 Å². The van der Waals surface area contributed by atoms with Gasteiger partial charge in [-0.05, 0) is 36.0 Å². The van der Waals surface area contributed by atoms with Gasteiger partial charge in [-0.3, -0.25) is 0 Å². The highest BCUT2D eigenvalue weighted by molar-refractivity contribution is 9.09. The zero-order valence-corrected chi connectivity index (χ0v) is 12.0. The number of alkyl halides is 1. The monoisotopic (exact) mass is 281 g/mol. The Bertz CT molecular complexity index is 384. The molecule has 1 aromatic carbocycles. The fourth-order valence-corrected chi connectivity index (χ4v) is 2.62. The third kappa shape index (κ3) is 2.00. The quantitative estimate of drug-likeness (QED) is 0.763. The van der Waals surface area contributed by atoms with Crippen molar-refractivity contribution in [2.75, 3.05) is 23.3 Å². The smallest absolute Gasteiger partial charge is 0.0399 e. The van der Waals surface area contributed by atoms with Crippen molar-refractivity contribution < 1.29 is 0 Å². The molecule has 1 aliphatic rings. The summed E-state index contributed by atoms with van der Waals surface area (Å²) in [5, 5.41) is 1.01. The molecule has 2 heteroatoms. The van der Waals surface area contributed by atoms with Gasteiger partial charge in [0.05, 0.1) is 0 Å². The summed E-state index contributed by atoms with van der Waals surface area (Å²) in [6.07, 6.45) is 1.20. The maximum absolute atomic E-state index is 3.60. The second-order valence-electron chi connectivity index (χ2n) is 5.19. The molecule has 0 N–H and O–H groups in total. The summed E-state index contributed by atoms with van der Waals surface area (Å²) < 4.78 is 0. The molecule has 16 heavy (non-hydrogen) atoms. The Kier molecular flexibility index (Phi) is 3.29. The van der Waals surface area contributed by atoms with Crippen molar-refractivity contribution in [3.63, 3.8) is 0 Å². The number of fused-ring (bicyclic) bond motifs is 1. The Balaban J connectivity index is 2.35. The van der Waals surface area contributed by atoms with Crippen LogP contribution in [0.5, 0.6) is 0 Å². The Morgan fingerprint density at radius 2 is 2.12 bits per heavy atom. The molecule has 0 aliphatic carbocycles. The van der Waals surface area contributed by atoms with Crippen molar-refractivity contribution in [3.8, 4) is 0 Å². The summed E-state index contributed by atoms with van der Waals surface area (Å²) >= 11 is 3.60. The van der Waals surface area contributed by atoms with Crippen LogP contribution in [0.15, 0.2) is 18.2 Å². The van der Waals surface area contributed by atoms with Crippen LogP contribution in [0, 0.1) is 0 Å². The lowest BCUT2D eigenvalue weighted by molar-refractivity contribution is 0.606. The minimum absolute atomic E-state index is 0.231. The standard InChI is InChI=1S/C14H20BrN/c1-4-16-8-7-11-9-12(5-6-13(11)16)14(2,3)10-15/h5-6,9H,4,7-8,10H2,1-3H3. The van der Waals surface area contributed by atoms with Crippen LogP contribution in [0.2, 0.25) is 0 Å². The molecule has 0 fully saturated rings. The molecular weight excluding hydrogens is 262 g/mol. The van der Waals surface area contributed by atoms with Crippen molar-refractivity contribution in [2.24, 2.45) is 0 Å². The molecule has 0 atom stereocenters. The summed E-state index contributed by atoms with van der Waals surface area (Å²) in [5.41, 5.74) is 4.64. The van der Waals surface area contributed by atoms with E-state index in [0.29, 0.717) is 0 Å². The van der Waals surface area contributed by atoms with Crippen LogP contribution in [0.4, 0.5) is 5.69 Å². The van der Waals surface area contributed by atoms with E-state index < -0.39 is 0 Å². The number of hydrogen-bond acceptors (Lipinski definition) is 1. The van der Waals surface area contributed by atoms with Crippen LogP contribution >= 0.6 is 15.9 Å². The van der Waals surface area contributed by atoms with Gasteiger partial charge in [-0.15, -0.1) is 0 Å². The fraction of sp³-hybridized carbons (Fsp3) is 0.571. The summed E-state index contributed by atoms with van der Waals surface area (Å²) in [6.45, 7) is 9.11. The molecule has 0 saturated carbocycles. The van der Waals surface area contributed by atoms with Gasteiger partial charge in [-0.25, -0.2) is 0 Å². The van der Waals surface area contributed by atoms with Gasteiger partial charge in [-0.2, -0.15) is 0 Å². The van der Waals surface area contributed by atoms with E-state index >= 15 is 0 Å². The molecule has 1 nitrogen and oxygen atoms in total. The first-order valence-corrected chi connectivity index (χ1v) is 7.15. The summed E-state index contributed by atoms with van der Waals surface area (Å²) in [7, 11) is 0. The summed E-state index contributed by atoms with van der Waals surface area (Å²) in [5.74, 6) is 0. The number of rotatable bonds is 3. The first-order chi connectivity index (χ1) is 7.58. The summed E-state index contributed by atoms with van der Waals surface area (Å²) in [4.78, 5) is 2.46. The van der Waals surface area contributed by atoms with Crippen molar-refractivity contribution in [1.82, 2.24) is 0 Å². The first-order valence-electron chi connectivity index (χ1n) is 6.03. The number of anilines is 1. The minimum atomic E-state index is 0.231. The van der Waals surface area contributed by atoms with Gasteiger partial charge >= 0.3 is 0 Å². The van der Waals surface area contributed by atoms with Crippen LogP contribution in [0.1, 0.15) is 31.9 Å². The van der Waals surface area contributed by atoms with E-state index in [2.05, 4.69) is 59.8 Å². The number of likely N-dealkylation sites (N-methyl/N-ethyl adjacent to an activating group) is 1. The predicted octanol–water partition coefficient (Wildman–Crippen LogP) is 3.74.